The highest BCUT2D eigenvalue weighted by molar-refractivity contribution is 5.79. The number of aromatic nitrogens is 1. The SMILES string of the molecule is Cc1ccc(CNC(=O)C2CNC2)n1C. The molecule has 0 radical (unpaired) electrons. The van der Waals surface area contributed by atoms with Gasteiger partial charge in [0.1, 0.15) is 0 Å². The number of nitrogens with one attached hydrogen (secondary N) is 2. The van der Waals surface area contributed by atoms with E-state index in [0.717, 1.165) is 18.8 Å². The first-order valence-corrected chi connectivity index (χ1v) is 5.28. The molecule has 82 valence electrons. The van der Waals surface area contributed by atoms with Gasteiger partial charge in [-0.05, 0) is 19.1 Å². The molecule has 1 aromatic heterocycles. The molecule has 1 fully saturated rings. The molecule has 4 heteroatoms. The maximum absolute atomic E-state index is 11.6. The van der Waals surface area contributed by atoms with E-state index in [9.17, 15) is 4.79 Å². The standard InChI is InChI=1S/C11H17N3O/c1-8-3-4-10(14(8)2)7-13-11(15)9-5-12-6-9/h3-4,9,12H,5-7H2,1-2H3,(H,13,15). The average Bonchev–Trinajstić information content (AvgIpc) is 2.42. The minimum Gasteiger partial charge on any atom is -0.350 e. The van der Waals surface area contributed by atoms with Gasteiger partial charge in [-0.15, -0.1) is 0 Å². The minimum absolute atomic E-state index is 0.160. The van der Waals surface area contributed by atoms with Crippen LogP contribution in [0, 0.1) is 12.8 Å². The van der Waals surface area contributed by atoms with E-state index >= 15 is 0 Å². The molecule has 1 aromatic rings. The fraction of sp³-hybridized carbons (Fsp3) is 0.545. The molecule has 0 aromatic carbocycles. The van der Waals surface area contributed by atoms with Crippen molar-refractivity contribution < 1.29 is 4.79 Å². The second-order valence-electron chi connectivity index (χ2n) is 4.10. The molecular formula is C11H17N3O. The first-order chi connectivity index (χ1) is 7.18. The fourth-order valence-electron chi connectivity index (χ4n) is 1.64. The van der Waals surface area contributed by atoms with Crippen LogP contribution in [0.2, 0.25) is 0 Å². The van der Waals surface area contributed by atoms with E-state index in [-0.39, 0.29) is 11.8 Å². The number of amides is 1. The summed E-state index contributed by atoms with van der Waals surface area (Å²) in [4.78, 5) is 11.6. The normalized spacial score (nSPS) is 16.1. The summed E-state index contributed by atoms with van der Waals surface area (Å²) in [5.41, 5.74) is 2.36. The summed E-state index contributed by atoms with van der Waals surface area (Å²) in [6.45, 7) is 4.32. The number of hydrogen-bond donors (Lipinski definition) is 2. The van der Waals surface area contributed by atoms with E-state index in [2.05, 4.69) is 34.3 Å². The maximum atomic E-state index is 11.6. The van der Waals surface area contributed by atoms with Crippen LogP contribution in [0.5, 0.6) is 0 Å². The highest BCUT2D eigenvalue weighted by Gasteiger charge is 2.24. The van der Waals surface area contributed by atoms with E-state index in [1.807, 2.05) is 7.05 Å². The van der Waals surface area contributed by atoms with Crippen molar-refractivity contribution in [1.82, 2.24) is 15.2 Å². The molecule has 1 saturated heterocycles. The molecule has 0 unspecified atom stereocenters. The summed E-state index contributed by atoms with van der Waals surface area (Å²) in [5, 5.41) is 6.05. The highest BCUT2D eigenvalue weighted by Crippen LogP contribution is 2.07. The van der Waals surface area contributed by atoms with Crippen LogP contribution in [0.4, 0.5) is 0 Å². The predicted octanol–water partition coefficient (Wildman–Crippen LogP) is 0.169. The zero-order valence-electron chi connectivity index (χ0n) is 9.21. The van der Waals surface area contributed by atoms with Crippen LogP contribution in [0.25, 0.3) is 0 Å². The minimum atomic E-state index is 0.160. The molecular weight excluding hydrogens is 190 g/mol. The van der Waals surface area contributed by atoms with Crippen LogP contribution in [0.15, 0.2) is 12.1 Å². The molecule has 2 N–H and O–H groups in total. The number of rotatable bonds is 3. The number of hydrogen-bond acceptors (Lipinski definition) is 2. The van der Waals surface area contributed by atoms with Gasteiger partial charge in [-0.3, -0.25) is 4.79 Å². The van der Waals surface area contributed by atoms with Crippen molar-refractivity contribution in [3.8, 4) is 0 Å². The molecule has 1 amide bonds. The molecule has 1 aliphatic rings. The largest absolute Gasteiger partial charge is 0.350 e. The summed E-state index contributed by atoms with van der Waals surface area (Å²) in [7, 11) is 2.02. The van der Waals surface area contributed by atoms with E-state index in [1.54, 1.807) is 0 Å². The van der Waals surface area contributed by atoms with Gasteiger partial charge in [0.15, 0.2) is 0 Å². The lowest BCUT2D eigenvalue weighted by Gasteiger charge is -2.25. The quantitative estimate of drug-likeness (QED) is 0.742. The molecule has 15 heavy (non-hydrogen) atoms. The van der Waals surface area contributed by atoms with Crippen molar-refractivity contribution in [3.63, 3.8) is 0 Å². The van der Waals surface area contributed by atoms with Crippen LogP contribution in [-0.2, 0) is 18.4 Å². The lowest BCUT2D eigenvalue weighted by molar-refractivity contribution is -0.126. The van der Waals surface area contributed by atoms with Crippen LogP contribution < -0.4 is 10.6 Å². The van der Waals surface area contributed by atoms with Crippen molar-refractivity contribution in [2.24, 2.45) is 13.0 Å². The van der Waals surface area contributed by atoms with Gasteiger partial charge in [0.2, 0.25) is 5.91 Å². The first kappa shape index (κ1) is 10.2. The maximum Gasteiger partial charge on any atom is 0.226 e. The third-order valence-electron chi connectivity index (χ3n) is 3.07. The monoisotopic (exact) mass is 207 g/mol. The molecule has 0 bridgehead atoms. The Bertz CT molecular complexity index is 366. The lowest BCUT2D eigenvalue weighted by atomic mass is 10.0. The van der Waals surface area contributed by atoms with E-state index in [1.165, 1.54) is 5.69 Å². The Balaban J connectivity index is 1.87. The molecule has 0 atom stereocenters. The summed E-state index contributed by atoms with van der Waals surface area (Å²) in [6.07, 6.45) is 0. The smallest absolute Gasteiger partial charge is 0.226 e. The van der Waals surface area contributed by atoms with Crippen molar-refractivity contribution in [2.75, 3.05) is 13.1 Å². The molecule has 1 aliphatic heterocycles. The Labute approximate surface area is 89.7 Å². The third-order valence-corrected chi connectivity index (χ3v) is 3.07. The Morgan fingerprint density at radius 2 is 2.33 bits per heavy atom. The predicted molar refractivity (Wildman–Crippen MR) is 58.4 cm³/mol. The number of nitrogens with zero attached hydrogens (tertiary/aromatic N) is 1. The van der Waals surface area contributed by atoms with Crippen LogP contribution in [-0.4, -0.2) is 23.6 Å². The van der Waals surface area contributed by atoms with Gasteiger partial charge in [-0.2, -0.15) is 0 Å². The molecule has 0 aliphatic carbocycles. The Kier molecular flexibility index (Phi) is 2.77. The highest BCUT2D eigenvalue weighted by atomic mass is 16.2. The molecule has 4 nitrogen and oxygen atoms in total. The van der Waals surface area contributed by atoms with Crippen LogP contribution >= 0.6 is 0 Å². The van der Waals surface area contributed by atoms with Crippen molar-refractivity contribution in [2.45, 2.75) is 13.5 Å². The summed E-state index contributed by atoms with van der Waals surface area (Å²) >= 11 is 0. The first-order valence-electron chi connectivity index (χ1n) is 5.28. The zero-order chi connectivity index (χ0) is 10.8. The van der Waals surface area contributed by atoms with E-state index in [0.29, 0.717) is 6.54 Å². The van der Waals surface area contributed by atoms with Gasteiger partial charge >= 0.3 is 0 Å². The summed E-state index contributed by atoms with van der Waals surface area (Å²) in [5.74, 6) is 0.332. The van der Waals surface area contributed by atoms with Gasteiger partial charge in [-0.25, -0.2) is 0 Å². The Hall–Kier alpha value is -1.29. The lowest BCUT2D eigenvalue weighted by Crippen LogP contribution is -2.50. The van der Waals surface area contributed by atoms with Gasteiger partial charge < -0.3 is 15.2 Å². The number of carbonyl (C=O) groups excluding carboxylic acids is 1. The van der Waals surface area contributed by atoms with Gasteiger partial charge in [0, 0.05) is 31.5 Å². The second kappa shape index (κ2) is 4.06. The summed E-state index contributed by atoms with van der Waals surface area (Å²) < 4.78 is 2.10. The topological polar surface area (TPSA) is 46.1 Å². The zero-order valence-corrected chi connectivity index (χ0v) is 9.21. The molecule has 0 saturated carbocycles. The fourth-order valence-corrected chi connectivity index (χ4v) is 1.64. The van der Waals surface area contributed by atoms with Crippen LogP contribution in [0.1, 0.15) is 11.4 Å². The van der Waals surface area contributed by atoms with Crippen LogP contribution in [0.3, 0.4) is 0 Å². The molecule has 0 spiro atoms. The Morgan fingerprint density at radius 1 is 1.60 bits per heavy atom. The van der Waals surface area contributed by atoms with Crippen molar-refractivity contribution in [1.29, 1.82) is 0 Å². The van der Waals surface area contributed by atoms with Gasteiger partial charge in [0.25, 0.3) is 0 Å². The van der Waals surface area contributed by atoms with E-state index < -0.39 is 0 Å². The van der Waals surface area contributed by atoms with Gasteiger partial charge in [0.05, 0.1) is 12.5 Å². The molecule has 2 rings (SSSR count). The summed E-state index contributed by atoms with van der Waals surface area (Å²) in [6, 6.07) is 4.11. The average molecular weight is 207 g/mol. The van der Waals surface area contributed by atoms with Crippen molar-refractivity contribution in [3.05, 3.63) is 23.5 Å². The Morgan fingerprint density at radius 3 is 2.80 bits per heavy atom. The third kappa shape index (κ3) is 2.04. The second-order valence-corrected chi connectivity index (χ2v) is 4.10. The van der Waals surface area contributed by atoms with E-state index in [4.69, 9.17) is 0 Å². The number of aryl methyl sites for hydroxylation is 1. The van der Waals surface area contributed by atoms with Gasteiger partial charge in [-0.1, -0.05) is 0 Å². The number of carbonyl (C=O) groups is 1. The van der Waals surface area contributed by atoms with Crippen molar-refractivity contribution >= 4 is 5.91 Å². The molecule has 2 heterocycles.